The largest absolute Gasteiger partial charge is 0.372 e. The van der Waals surface area contributed by atoms with E-state index in [4.69, 9.17) is 10.3 Å². The molecular weight excluding hydrogens is 264 g/mol. The van der Waals surface area contributed by atoms with Gasteiger partial charge in [-0.15, -0.1) is 0 Å². The smallest absolute Gasteiger partial charge is 0.292 e. The first-order chi connectivity index (χ1) is 9.47. The summed E-state index contributed by atoms with van der Waals surface area (Å²) in [5, 5.41) is 17.5. The van der Waals surface area contributed by atoms with Crippen LogP contribution in [0.4, 0.5) is 11.4 Å². The Morgan fingerprint density at radius 3 is 2.80 bits per heavy atom. The van der Waals surface area contributed by atoms with E-state index in [1.807, 2.05) is 0 Å². The Morgan fingerprint density at radius 2 is 2.25 bits per heavy atom. The molecule has 8 nitrogen and oxygen atoms in total. The highest BCUT2D eigenvalue weighted by atomic mass is 16.6. The van der Waals surface area contributed by atoms with Gasteiger partial charge in [-0.3, -0.25) is 14.9 Å². The minimum atomic E-state index is -0.654. The quantitative estimate of drug-likeness (QED) is 0.631. The van der Waals surface area contributed by atoms with Crippen molar-refractivity contribution in [3.63, 3.8) is 0 Å². The molecule has 1 aromatic heterocycles. The number of carbonyl (C=O) groups is 1. The van der Waals surface area contributed by atoms with Crippen LogP contribution in [0.25, 0.3) is 0 Å². The van der Waals surface area contributed by atoms with Crippen molar-refractivity contribution in [3.8, 4) is 0 Å². The van der Waals surface area contributed by atoms with Gasteiger partial charge in [0, 0.05) is 17.7 Å². The van der Waals surface area contributed by atoms with Crippen LogP contribution in [0.15, 0.2) is 28.8 Å². The molecule has 20 heavy (non-hydrogen) atoms. The zero-order valence-electron chi connectivity index (χ0n) is 10.6. The van der Waals surface area contributed by atoms with Crippen molar-refractivity contribution in [1.29, 1.82) is 0 Å². The molecule has 1 amide bonds. The summed E-state index contributed by atoms with van der Waals surface area (Å²) in [4.78, 5) is 21.5. The lowest BCUT2D eigenvalue weighted by Crippen LogP contribution is -2.12. The van der Waals surface area contributed by atoms with Gasteiger partial charge < -0.3 is 15.6 Å². The van der Waals surface area contributed by atoms with Gasteiger partial charge in [-0.05, 0) is 19.1 Å². The number of aryl methyl sites for hydroxylation is 1. The maximum atomic E-state index is 11.1. The van der Waals surface area contributed by atoms with Gasteiger partial charge in [-0.1, -0.05) is 5.16 Å². The van der Waals surface area contributed by atoms with E-state index in [0.29, 0.717) is 11.5 Å². The minimum absolute atomic E-state index is 0.147. The van der Waals surface area contributed by atoms with Crippen molar-refractivity contribution in [1.82, 2.24) is 5.16 Å². The molecule has 0 unspecified atom stereocenters. The number of nitro benzene ring substituents is 1. The summed E-state index contributed by atoms with van der Waals surface area (Å²) in [5.41, 5.74) is 6.10. The first-order valence-electron chi connectivity index (χ1n) is 5.71. The van der Waals surface area contributed by atoms with E-state index in [2.05, 4.69) is 10.5 Å². The molecule has 8 heteroatoms. The molecule has 0 radical (unpaired) electrons. The fraction of sp³-hybridized carbons (Fsp3) is 0.167. The Morgan fingerprint density at radius 1 is 1.50 bits per heavy atom. The first-order valence-corrected chi connectivity index (χ1v) is 5.71. The van der Waals surface area contributed by atoms with E-state index in [9.17, 15) is 14.9 Å². The van der Waals surface area contributed by atoms with Gasteiger partial charge in [0.25, 0.3) is 5.69 Å². The Bertz CT molecular complexity index is 665. The van der Waals surface area contributed by atoms with Crippen molar-refractivity contribution in [2.45, 2.75) is 13.5 Å². The van der Waals surface area contributed by atoms with Crippen LogP contribution in [0.2, 0.25) is 0 Å². The van der Waals surface area contributed by atoms with E-state index in [-0.39, 0.29) is 23.5 Å². The van der Waals surface area contributed by atoms with Crippen molar-refractivity contribution in [2.24, 2.45) is 5.73 Å². The van der Waals surface area contributed by atoms with Crippen molar-refractivity contribution < 1.29 is 14.2 Å². The topological polar surface area (TPSA) is 124 Å². The molecule has 0 aliphatic carbocycles. The number of aromatic nitrogens is 1. The number of amides is 1. The zero-order valence-corrected chi connectivity index (χ0v) is 10.6. The van der Waals surface area contributed by atoms with Crippen molar-refractivity contribution >= 4 is 17.3 Å². The molecule has 0 bridgehead atoms. The van der Waals surface area contributed by atoms with Gasteiger partial charge in [0.15, 0.2) is 5.76 Å². The molecule has 1 heterocycles. The molecular formula is C12H12N4O4. The second-order valence-corrected chi connectivity index (χ2v) is 4.14. The number of hydrogen-bond donors (Lipinski definition) is 2. The Balaban J connectivity index is 2.25. The standard InChI is InChI=1S/C12H12N4O4/c1-7-4-9(20-15-7)6-14-10-5-8(12(13)17)2-3-11(10)16(18)19/h2-5,14H,6H2,1H3,(H2,13,17). The highest BCUT2D eigenvalue weighted by Crippen LogP contribution is 2.26. The van der Waals surface area contributed by atoms with Crippen molar-refractivity contribution in [2.75, 3.05) is 5.32 Å². The number of hydrogen-bond acceptors (Lipinski definition) is 6. The van der Waals surface area contributed by atoms with Crippen LogP contribution in [0, 0.1) is 17.0 Å². The fourth-order valence-corrected chi connectivity index (χ4v) is 1.67. The van der Waals surface area contributed by atoms with Crippen LogP contribution < -0.4 is 11.1 Å². The Labute approximate surface area is 113 Å². The average Bonchev–Trinajstić information content (AvgIpc) is 2.81. The third-order valence-corrected chi connectivity index (χ3v) is 2.61. The van der Waals surface area contributed by atoms with Gasteiger partial charge >= 0.3 is 0 Å². The molecule has 2 rings (SSSR count). The third kappa shape index (κ3) is 2.91. The monoisotopic (exact) mass is 276 g/mol. The predicted molar refractivity (Wildman–Crippen MR) is 70.2 cm³/mol. The van der Waals surface area contributed by atoms with E-state index in [1.165, 1.54) is 18.2 Å². The van der Waals surface area contributed by atoms with Crippen LogP contribution in [0.3, 0.4) is 0 Å². The molecule has 3 N–H and O–H groups in total. The molecule has 0 atom stereocenters. The second-order valence-electron chi connectivity index (χ2n) is 4.14. The summed E-state index contributed by atoms with van der Waals surface area (Å²) in [6.45, 7) is 1.98. The van der Waals surface area contributed by atoms with Gasteiger partial charge in [-0.2, -0.15) is 0 Å². The molecule has 0 aliphatic heterocycles. The molecule has 0 saturated carbocycles. The average molecular weight is 276 g/mol. The number of nitro groups is 1. The molecule has 0 fully saturated rings. The molecule has 2 aromatic rings. The van der Waals surface area contributed by atoms with Gasteiger partial charge in [0.1, 0.15) is 5.69 Å². The molecule has 0 spiro atoms. The Hall–Kier alpha value is -2.90. The van der Waals surface area contributed by atoms with E-state index in [1.54, 1.807) is 13.0 Å². The molecule has 0 saturated heterocycles. The maximum absolute atomic E-state index is 11.1. The van der Waals surface area contributed by atoms with E-state index < -0.39 is 10.8 Å². The highest BCUT2D eigenvalue weighted by Gasteiger charge is 2.16. The van der Waals surface area contributed by atoms with Crippen LogP contribution in [0.1, 0.15) is 21.8 Å². The number of carbonyl (C=O) groups excluding carboxylic acids is 1. The molecule has 1 aromatic carbocycles. The third-order valence-electron chi connectivity index (χ3n) is 2.61. The van der Waals surface area contributed by atoms with E-state index >= 15 is 0 Å². The van der Waals surface area contributed by atoms with Crippen LogP contribution in [-0.2, 0) is 6.54 Å². The maximum Gasteiger partial charge on any atom is 0.292 e. The fourth-order valence-electron chi connectivity index (χ4n) is 1.67. The lowest BCUT2D eigenvalue weighted by Gasteiger charge is -2.06. The van der Waals surface area contributed by atoms with Crippen molar-refractivity contribution in [3.05, 3.63) is 51.4 Å². The number of nitrogens with two attached hydrogens (primary N) is 1. The Kier molecular flexibility index (Phi) is 3.65. The summed E-state index contributed by atoms with van der Waals surface area (Å²) >= 11 is 0. The summed E-state index contributed by atoms with van der Waals surface area (Å²) < 4.78 is 4.99. The zero-order chi connectivity index (χ0) is 14.7. The number of benzene rings is 1. The number of primary amides is 1. The normalized spacial score (nSPS) is 10.2. The number of anilines is 1. The number of nitrogens with one attached hydrogen (secondary N) is 1. The molecule has 104 valence electrons. The lowest BCUT2D eigenvalue weighted by molar-refractivity contribution is -0.384. The van der Waals surface area contributed by atoms with Crippen LogP contribution in [-0.4, -0.2) is 16.0 Å². The van der Waals surface area contributed by atoms with Gasteiger partial charge in [-0.25, -0.2) is 0 Å². The van der Waals surface area contributed by atoms with Crippen LogP contribution >= 0.6 is 0 Å². The summed E-state index contributed by atoms with van der Waals surface area (Å²) in [6, 6.07) is 5.58. The van der Waals surface area contributed by atoms with E-state index in [0.717, 1.165) is 0 Å². The SMILES string of the molecule is Cc1cc(CNc2cc(C(N)=O)ccc2[N+](=O)[O-])on1. The first kappa shape index (κ1) is 13.5. The second kappa shape index (κ2) is 5.39. The highest BCUT2D eigenvalue weighted by molar-refractivity contribution is 5.94. The van der Waals surface area contributed by atoms with Gasteiger partial charge in [0.05, 0.1) is 17.2 Å². The summed E-state index contributed by atoms with van der Waals surface area (Å²) in [5.74, 6) is -0.125. The lowest BCUT2D eigenvalue weighted by atomic mass is 10.1. The number of nitrogens with zero attached hydrogens (tertiary/aromatic N) is 2. The minimum Gasteiger partial charge on any atom is -0.372 e. The van der Waals surface area contributed by atoms with Gasteiger partial charge in [0.2, 0.25) is 5.91 Å². The summed E-state index contributed by atoms with van der Waals surface area (Å²) in [7, 11) is 0. The van der Waals surface area contributed by atoms with Crippen LogP contribution in [0.5, 0.6) is 0 Å². The predicted octanol–water partition coefficient (Wildman–Crippen LogP) is 1.60. The number of rotatable bonds is 5. The molecule has 0 aliphatic rings. The summed E-state index contributed by atoms with van der Waals surface area (Å²) in [6.07, 6.45) is 0.